The zero-order valence-corrected chi connectivity index (χ0v) is 17.8. The van der Waals surface area contributed by atoms with Crippen molar-refractivity contribution in [1.82, 2.24) is 24.5 Å². The van der Waals surface area contributed by atoms with E-state index in [9.17, 15) is 9.59 Å². The number of fused-ring (bicyclic) bond motifs is 1. The van der Waals surface area contributed by atoms with Gasteiger partial charge in [-0.1, -0.05) is 6.92 Å². The summed E-state index contributed by atoms with van der Waals surface area (Å²) in [6, 6.07) is 3.42. The van der Waals surface area contributed by atoms with Crippen molar-refractivity contribution in [2.45, 2.75) is 26.7 Å². The highest BCUT2D eigenvalue weighted by atomic mass is 16.2. The molecule has 0 saturated carbocycles. The number of nitrogens with zero attached hydrogens (tertiary/aromatic N) is 5. The third kappa shape index (κ3) is 4.81. The summed E-state index contributed by atoms with van der Waals surface area (Å²) in [4.78, 5) is 35.2. The summed E-state index contributed by atoms with van der Waals surface area (Å²) in [5.74, 6) is 0.646. The Morgan fingerprint density at radius 1 is 1.11 bits per heavy atom. The van der Waals surface area contributed by atoms with Crippen molar-refractivity contribution in [3.63, 3.8) is 0 Å². The van der Waals surface area contributed by atoms with Gasteiger partial charge in [0.25, 0.3) is 5.91 Å². The Labute approximate surface area is 167 Å². The van der Waals surface area contributed by atoms with Crippen LogP contribution in [-0.2, 0) is 6.42 Å². The van der Waals surface area contributed by atoms with Crippen LogP contribution >= 0.6 is 0 Å². The monoisotopic (exact) mass is 388 g/mol. The summed E-state index contributed by atoms with van der Waals surface area (Å²) in [6.07, 6.45) is 3.37. The first-order valence-electron chi connectivity index (χ1n) is 9.72. The fraction of sp³-hybridized carbons (Fsp3) is 0.550. The lowest BCUT2D eigenvalue weighted by Crippen LogP contribution is -2.38. The van der Waals surface area contributed by atoms with E-state index in [1.807, 2.05) is 45.5 Å². The Hall–Kier alpha value is -2.61. The van der Waals surface area contributed by atoms with Crippen molar-refractivity contribution in [2.75, 3.05) is 52.7 Å². The lowest BCUT2D eigenvalue weighted by molar-refractivity contribution is 0.0790. The van der Waals surface area contributed by atoms with Crippen LogP contribution in [0.3, 0.4) is 0 Å². The van der Waals surface area contributed by atoms with Gasteiger partial charge in [0.15, 0.2) is 0 Å². The summed E-state index contributed by atoms with van der Waals surface area (Å²) in [6.45, 7) is 6.04. The van der Waals surface area contributed by atoms with Crippen molar-refractivity contribution in [3.8, 4) is 0 Å². The maximum Gasteiger partial charge on any atom is 0.322 e. The fourth-order valence-corrected chi connectivity index (χ4v) is 3.11. The Morgan fingerprint density at radius 2 is 1.82 bits per heavy atom. The minimum Gasteiger partial charge on any atom is -0.342 e. The Balaban J connectivity index is 2.34. The summed E-state index contributed by atoms with van der Waals surface area (Å²) in [5.41, 5.74) is 2.11. The Morgan fingerprint density at radius 3 is 2.43 bits per heavy atom. The minimum absolute atomic E-state index is 0.0426. The van der Waals surface area contributed by atoms with E-state index < -0.39 is 0 Å². The van der Waals surface area contributed by atoms with Gasteiger partial charge < -0.3 is 15.1 Å². The zero-order valence-electron chi connectivity index (χ0n) is 17.8. The summed E-state index contributed by atoms with van der Waals surface area (Å²) in [5, 5.41) is 2.80. The van der Waals surface area contributed by atoms with Gasteiger partial charge in [0.05, 0.1) is 11.3 Å². The first kappa shape index (κ1) is 21.7. The smallest absolute Gasteiger partial charge is 0.322 e. The molecule has 154 valence electrons. The van der Waals surface area contributed by atoms with E-state index >= 15 is 0 Å². The van der Waals surface area contributed by atoms with Crippen LogP contribution in [0.15, 0.2) is 18.3 Å². The first-order chi connectivity index (χ1) is 13.3. The van der Waals surface area contributed by atoms with Gasteiger partial charge in [-0.15, -0.1) is 0 Å². The second kappa shape index (κ2) is 9.54. The lowest BCUT2D eigenvalue weighted by atomic mass is 10.2. The standard InChI is InChI=1S/C20H32N6O2/c1-7-16-18(25(6)20(28)21-8-2)26-14-15(10-11-17(26)22-16)19(27)24(5)13-9-12-23(3)4/h10-11,14H,7-9,12-13H2,1-6H3,(H,21,28). The number of anilines is 1. The number of carbonyl (C=O) groups excluding carboxylic acids is 2. The number of aryl methyl sites for hydroxylation is 1. The number of pyridine rings is 1. The van der Waals surface area contributed by atoms with Crippen molar-refractivity contribution < 1.29 is 9.59 Å². The van der Waals surface area contributed by atoms with Crippen molar-refractivity contribution in [1.29, 1.82) is 0 Å². The molecule has 0 aliphatic rings. The molecule has 0 saturated heterocycles. The molecule has 8 heteroatoms. The molecule has 8 nitrogen and oxygen atoms in total. The van der Waals surface area contributed by atoms with Gasteiger partial charge >= 0.3 is 6.03 Å². The number of imidazole rings is 1. The van der Waals surface area contributed by atoms with Gasteiger partial charge in [0.2, 0.25) is 0 Å². The van der Waals surface area contributed by atoms with Crippen LogP contribution in [0.4, 0.5) is 10.6 Å². The van der Waals surface area contributed by atoms with Crippen LogP contribution < -0.4 is 10.2 Å². The van der Waals surface area contributed by atoms with Crippen LogP contribution in [0.25, 0.3) is 5.65 Å². The number of amides is 3. The summed E-state index contributed by atoms with van der Waals surface area (Å²) in [7, 11) is 7.57. The van der Waals surface area contributed by atoms with Gasteiger partial charge in [0, 0.05) is 33.4 Å². The largest absolute Gasteiger partial charge is 0.342 e. The molecule has 2 aromatic heterocycles. The average Bonchev–Trinajstić information content (AvgIpc) is 3.04. The topological polar surface area (TPSA) is 73.2 Å². The highest BCUT2D eigenvalue weighted by Gasteiger charge is 2.21. The van der Waals surface area contributed by atoms with E-state index in [0.29, 0.717) is 30.9 Å². The normalized spacial score (nSPS) is 11.1. The third-order valence-electron chi connectivity index (χ3n) is 4.64. The predicted octanol–water partition coefficient (Wildman–Crippen LogP) is 2.09. The predicted molar refractivity (Wildman–Crippen MR) is 112 cm³/mol. The lowest BCUT2D eigenvalue weighted by Gasteiger charge is -2.20. The molecule has 0 radical (unpaired) electrons. The minimum atomic E-state index is -0.198. The fourth-order valence-electron chi connectivity index (χ4n) is 3.11. The number of hydrogen-bond acceptors (Lipinski definition) is 4. The van der Waals surface area contributed by atoms with Gasteiger partial charge in [-0.05, 0) is 52.5 Å². The Kier molecular flexibility index (Phi) is 7.39. The van der Waals surface area contributed by atoms with E-state index in [0.717, 1.165) is 24.3 Å². The van der Waals surface area contributed by atoms with Crippen molar-refractivity contribution in [3.05, 3.63) is 29.6 Å². The molecule has 28 heavy (non-hydrogen) atoms. The highest BCUT2D eigenvalue weighted by Crippen LogP contribution is 2.23. The van der Waals surface area contributed by atoms with Gasteiger partial charge in [0.1, 0.15) is 11.5 Å². The Bertz CT molecular complexity index is 829. The molecule has 3 amide bonds. The molecule has 0 aromatic carbocycles. The number of urea groups is 1. The van der Waals surface area contributed by atoms with Crippen molar-refractivity contribution in [2.24, 2.45) is 0 Å². The highest BCUT2D eigenvalue weighted by molar-refractivity contribution is 5.95. The van der Waals surface area contributed by atoms with E-state index in [4.69, 9.17) is 0 Å². The molecule has 0 fully saturated rings. The number of nitrogens with one attached hydrogen (secondary N) is 1. The SMILES string of the molecule is CCNC(=O)N(C)c1c(CC)nc2ccc(C(=O)N(C)CCCN(C)C)cn12. The molecule has 0 bridgehead atoms. The van der Waals surface area contributed by atoms with Gasteiger partial charge in [-0.25, -0.2) is 9.78 Å². The van der Waals surface area contributed by atoms with Crippen molar-refractivity contribution >= 4 is 23.4 Å². The molecular formula is C20H32N6O2. The van der Waals surface area contributed by atoms with Gasteiger partial charge in [-0.3, -0.25) is 14.1 Å². The molecule has 2 aromatic rings. The second-order valence-corrected chi connectivity index (χ2v) is 7.16. The molecule has 0 aliphatic heterocycles. The maximum atomic E-state index is 12.8. The summed E-state index contributed by atoms with van der Waals surface area (Å²) >= 11 is 0. The number of hydrogen-bond donors (Lipinski definition) is 1. The molecule has 0 unspecified atom stereocenters. The molecular weight excluding hydrogens is 356 g/mol. The van der Waals surface area contributed by atoms with E-state index in [-0.39, 0.29) is 11.9 Å². The quantitative estimate of drug-likeness (QED) is 0.752. The van der Waals surface area contributed by atoms with Crippen LogP contribution in [0.2, 0.25) is 0 Å². The number of carbonyl (C=O) groups is 2. The van der Waals surface area contributed by atoms with Crippen LogP contribution in [0, 0.1) is 0 Å². The zero-order chi connectivity index (χ0) is 20.8. The van der Waals surface area contributed by atoms with E-state index in [1.54, 1.807) is 29.1 Å². The molecule has 2 rings (SSSR count). The maximum absolute atomic E-state index is 12.8. The van der Waals surface area contributed by atoms with Gasteiger partial charge in [-0.2, -0.15) is 0 Å². The third-order valence-corrected chi connectivity index (χ3v) is 4.64. The van der Waals surface area contributed by atoms with E-state index in [2.05, 4.69) is 15.2 Å². The van der Waals surface area contributed by atoms with Crippen LogP contribution in [0.5, 0.6) is 0 Å². The molecule has 1 N–H and O–H groups in total. The van der Waals surface area contributed by atoms with E-state index in [1.165, 1.54) is 0 Å². The first-order valence-corrected chi connectivity index (χ1v) is 9.72. The second-order valence-electron chi connectivity index (χ2n) is 7.16. The van der Waals surface area contributed by atoms with Crippen LogP contribution in [-0.4, -0.2) is 78.9 Å². The number of aromatic nitrogens is 2. The summed E-state index contributed by atoms with van der Waals surface area (Å²) < 4.78 is 1.83. The average molecular weight is 389 g/mol. The molecule has 2 heterocycles. The molecule has 0 atom stereocenters. The molecule has 0 aliphatic carbocycles. The molecule has 0 spiro atoms. The van der Waals surface area contributed by atoms with Crippen LogP contribution in [0.1, 0.15) is 36.3 Å². The number of rotatable bonds is 8.